The fourth-order valence-electron chi connectivity index (χ4n) is 5.54. The third-order valence-corrected chi connectivity index (χ3v) is 10.5. The van der Waals surface area contributed by atoms with E-state index in [1.54, 1.807) is 62.4 Å². The van der Waals surface area contributed by atoms with Crippen molar-refractivity contribution in [2.45, 2.75) is 56.1 Å². The monoisotopic (exact) mass is 710 g/mol. The van der Waals surface area contributed by atoms with Gasteiger partial charge in [-0.05, 0) is 99.2 Å². The molecule has 0 bridgehead atoms. The topological polar surface area (TPSA) is 117 Å². The second kappa shape index (κ2) is 17.2. The number of esters is 1. The third-order valence-electron chi connectivity index (χ3n) is 8.16. The van der Waals surface area contributed by atoms with Crippen molar-refractivity contribution in [2.75, 3.05) is 36.2 Å². The molecule has 1 heterocycles. The Morgan fingerprint density at radius 2 is 1.66 bits per heavy atom. The van der Waals surface area contributed by atoms with E-state index in [4.69, 9.17) is 4.74 Å². The predicted molar refractivity (Wildman–Crippen MR) is 203 cm³/mol. The third kappa shape index (κ3) is 9.42. The molecule has 0 aliphatic heterocycles. The number of nitrogens with zero attached hydrogens (tertiary/aromatic N) is 1. The maximum Gasteiger partial charge on any atom is 0.341 e. The van der Waals surface area contributed by atoms with Gasteiger partial charge in [-0.3, -0.25) is 14.4 Å². The molecule has 0 saturated carbocycles. The molecule has 0 spiro atoms. The van der Waals surface area contributed by atoms with Crippen molar-refractivity contribution in [3.05, 3.63) is 112 Å². The Bertz CT molecular complexity index is 1870. The number of ether oxygens (including phenoxy) is 1. The van der Waals surface area contributed by atoms with Crippen molar-refractivity contribution in [3.8, 4) is 0 Å². The zero-order valence-corrected chi connectivity index (χ0v) is 30.3. The summed E-state index contributed by atoms with van der Waals surface area (Å²) in [6.45, 7) is 3.84. The number of carbonyl (C=O) groups excluding carboxylic acids is 4. The van der Waals surface area contributed by atoms with Crippen molar-refractivity contribution >= 4 is 69.2 Å². The molecule has 1 aromatic heterocycles. The number of amides is 3. The van der Waals surface area contributed by atoms with Crippen molar-refractivity contribution in [2.24, 2.45) is 0 Å². The van der Waals surface area contributed by atoms with Gasteiger partial charge >= 0.3 is 5.97 Å². The highest BCUT2D eigenvalue weighted by molar-refractivity contribution is 8.00. The number of thioether (sulfide) groups is 1. The van der Waals surface area contributed by atoms with Crippen LogP contribution in [0.2, 0.25) is 0 Å². The van der Waals surface area contributed by atoms with Crippen LogP contribution in [-0.2, 0) is 27.2 Å². The molecule has 0 saturated heterocycles. The molecule has 1 unspecified atom stereocenters. The lowest BCUT2D eigenvalue weighted by atomic mass is 10.1. The van der Waals surface area contributed by atoms with Crippen LogP contribution in [-0.4, -0.2) is 49.6 Å². The molecule has 11 heteroatoms. The van der Waals surface area contributed by atoms with E-state index in [0.29, 0.717) is 21.8 Å². The summed E-state index contributed by atoms with van der Waals surface area (Å²) < 4.78 is 5.37. The lowest BCUT2D eigenvalue weighted by molar-refractivity contribution is -0.115. The first-order valence-corrected chi connectivity index (χ1v) is 18.4. The SMILES string of the molecule is CCOC(=O)c1c(NC(=O)C(C)Sc2cccc(NC(=O)/C(=C\c3ccc(N(C)C)cc3)NC(=O)c3ccccc3)c2)sc2c1CCCCC2. The highest BCUT2D eigenvalue weighted by Crippen LogP contribution is 2.38. The summed E-state index contributed by atoms with van der Waals surface area (Å²) in [5.74, 6) is -1.54. The van der Waals surface area contributed by atoms with Gasteiger partial charge in [-0.2, -0.15) is 0 Å². The van der Waals surface area contributed by atoms with Crippen LogP contribution in [0.4, 0.5) is 16.4 Å². The van der Waals surface area contributed by atoms with Gasteiger partial charge in [0, 0.05) is 40.8 Å². The molecule has 3 amide bonds. The molecule has 1 aliphatic rings. The largest absolute Gasteiger partial charge is 0.462 e. The van der Waals surface area contributed by atoms with Crippen LogP contribution in [0, 0.1) is 0 Å². The number of benzene rings is 3. The van der Waals surface area contributed by atoms with E-state index < -0.39 is 23.0 Å². The van der Waals surface area contributed by atoms with E-state index in [2.05, 4.69) is 16.0 Å². The predicted octanol–water partition coefficient (Wildman–Crippen LogP) is 7.79. The molecule has 1 atom stereocenters. The van der Waals surface area contributed by atoms with Gasteiger partial charge in [-0.25, -0.2) is 4.79 Å². The molecule has 9 nitrogen and oxygen atoms in total. The molecule has 0 fully saturated rings. The molecule has 1 aliphatic carbocycles. The number of hydrogen-bond acceptors (Lipinski definition) is 8. The molecule has 260 valence electrons. The second-order valence-corrected chi connectivity index (χ2v) is 14.6. The van der Waals surface area contributed by atoms with Crippen LogP contribution in [0.1, 0.15) is 69.8 Å². The minimum Gasteiger partial charge on any atom is -0.462 e. The minimum atomic E-state index is -0.511. The van der Waals surface area contributed by atoms with E-state index in [0.717, 1.165) is 58.7 Å². The van der Waals surface area contributed by atoms with Gasteiger partial charge in [0.25, 0.3) is 11.8 Å². The number of carbonyl (C=O) groups is 4. The molecule has 3 aromatic carbocycles. The summed E-state index contributed by atoms with van der Waals surface area (Å²) in [6.07, 6.45) is 6.50. The number of anilines is 3. The van der Waals surface area contributed by atoms with E-state index in [1.165, 1.54) is 23.1 Å². The Balaban J connectivity index is 1.30. The maximum absolute atomic E-state index is 13.6. The number of fused-ring (bicyclic) bond motifs is 1. The van der Waals surface area contributed by atoms with Crippen LogP contribution in [0.15, 0.2) is 89.5 Å². The minimum absolute atomic E-state index is 0.0778. The molecule has 3 N–H and O–H groups in total. The highest BCUT2D eigenvalue weighted by Gasteiger charge is 2.28. The quantitative estimate of drug-likeness (QED) is 0.0595. The van der Waals surface area contributed by atoms with E-state index in [-0.39, 0.29) is 18.2 Å². The first-order chi connectivity index (χ1) is 24.1. The molecule has 0 radical (unpaired) electrons. The van der Waals surface area contributed by atoms with Crippen LogP contribution in [0.3, 0.4) is 0 Å². The zero-order chi connectivity index (χ0) is 35.6. The summed E-state index contributed by atoms with van der Waals surface area (Å²) in [5, 5.41) is 8.72. The Morgan fingerprint density at radius 3 is 2.38 bits per heavy atom. The van der Waals surface area contributed by atoms with E-state index in [1.807, 2.05) is 55.4 Å². The lowest BCUT2D eigenvalue weighted by Crippen LogP contribution is -2.30. The summed E-state index contributed by atoms with van der Waals surface area (Å²) in [4.78, 5) is 57.0. The van der Waals surface area contributed by atoms with Crippen LogP contribution < -0.4 is 20.9 Å². The standard InChI is InChI=1S/C39H42N4O5S2/c1-5-48-39(47)34-31-17-10-7-11-18-33(31)50-38(34)42-35(44)25(2)49-30-16-12-15-28(24-30)40-37(46)32(41-36(45)27-13-8-6-9-14-27)23-26-19-21-29(22-20-26)43(3)4/h6,8-9,12-16,19-25H,5,7,10-11,17-18H2,1-4H3,(H,40,46)(H,41,45)(H,42,44)/b32-23+. The van der Waals surface area contributed by atoms with Gasteiger partial charge in [0.15, 0.2) is 0 Å². The number of aryl methyl sites for hydroxylation is 1. The summed E-state index contributed by atoms with van der Waals surface area (Å²) in [6, 6.07) is 23.5. The van der Waals surface area contributed by atoms with Crippen molar-refractivity contribution in [1.82, 2.24) is 5.32 Å². The lowest BCUT2D eigenvalue weighted by Gasteiger charge is -2.15. The van der Waals surface area contributed by atoms with Crippen LogP contribution in [0.5, 0.6) is 0 Å². The van der Waals surface area contributed by atoms with Gasteiger partial charge < -0.3 is 25.6 Å². The fraction of sp³-hybridized carbons (Fsp3) is 0.282. The molecular weight excluding hydrogens is 669 g/mol. The smallest absolute Gasteiger partial charge is 0.341 e. The number of nitrogens with one attached hydrogen (secondary N) is 3. The van der Waals surface area contributed by atoms with Gasteiger partial charge in [-0.15, -0.1) is 23.1 Å². The second-order valence-electron chi connectivity index (χ2n) is 12.1. The number of thiophene rings is 1. The number of hydrogen-bond donors (Lipinski definition) is 3. The first-order valence-electron chi connectivity index (χ1n) is 16.7. The number of rotatable bonds is 12. The Morgan fingerprint density at radius 1 is 0.920 bits per heavy atom. The molecule has 5 rings (SSSR count). The maximum atomic E-state index is 13.6. The summed E-state index contributed by atoms with van der Waals surface area (Å²) in [5.41, 5.74) is 4.24. The van der Waals surface area contributed by atoms with Crippen molar-refractivity contribution in [3.63, 3.8) is 0 Å². The Kier molecular flexibility index (Phi) is 12.5. The molecule has 50 heavy (non-hydrogen) atoms. The summed E-state index contributed by atoms with van der Waals surface area (Å²) in [7, 11) is 3.89. The van der Waals surface area contributed by atoms with E-state index >= 15 is 0 Å². The normalized spacial score (nSPS) is 13.3. The zero-order valence-electron chi connectivity index (χ0n) is 28.7. The van der Waals surface area contributed by atoms with Crippen LogP contribution in [0.25, 0.3) is 6.08 Å². The average molecular weight is 711 g/mol. The fourth-order valence-corrected chi connectivity index (χ4v) is 7.75. The average Bonchev–Trinajstić information content (AvgIpc) is 3.28. The van der Waals surface area contributed by atoms with Gasteiger partial charge in [0.1, 0.15) is 10.7 Å². The van der Waals surface area contributed by atoms with Gasteiger partial charge in [0.05, 0.1) is 17.4 Å². The molecule has 4 aromatic rings. The summed E-state index contributed by atoms with van der Waals surface area (Å²) >= 11 is 2.81. The Hall–Kier alpha value is -4.87. The van der Waals surface area contributed by atoms with Crippen LogP contribution >= 0.6 is 23.1 Å². The van der Waals surface area contributed by atoms with Gasteiger partial charge in [0.2, 0.25) is 5.91 Å². The first kappa shape index (κ1) is 36.4. The van der Waals surface area contributed by atoms with E-state index in [9.17, 15) is 19.2 Å². The van der Waals surface area contributed by atoms with Crippen molar-refractivity contribution < 1.29 is 23.9 Å². The molecular formula is C39H42N4O5S2. The Labute approximate surface area is 301 Å². The van der Waals surface area contributed by atoms with Gasteiger partial charge in [-0.1, -0.05) is 42.8 Å². The van der Waals surface area contributed by atoms with Crippen molar-refractivity contribution in [1.29, 1.82) is 0 Å². The highest BCUT2D eigenvalue weighted by atomic mass is 32.2.